The molecule has 0 radical (unpaired) electrons. The third kappa shape index (κ3) is 3.72. The Morgan fingerprint density at radius 3 is 2.90 bits per heavy atom. The van der Waals surface area contributed by atoms with Crippen LogP contribution in [0.5, 0.6) is 0 Å². The number of sulfonamides is 1. The van der Waals surface area contributed by atoms with Crippen LogP contribution < -0.4 is 10.0 Å². The average molecular weight is 310 g/mol. The lowest BCUT2D eigenvalue weighted by atomic mass is 10.4. The molecule has 0 amide bonds. The van der Waals surface area contributed by atoms with Crippen LogP contribution in [0.25, 0.3) is 0 Å². The van der Waals surface area contributed by atoms with Crippen LogP contribution in [-0.4, -0.2) is 24.4 Å². The van der Waals surface area contributed by atoms with Crippen molar-refractivity contribution < 1.29 is 12.8 Å². The van der Waals surface area contributed by atoms with Crippen LogP contribution in [0.2, 0.25) is 0 Å². The van der Waals surface area contributed by atoms with Gasteiger partial charge in [-0.2, -0.15) is 0 Å². The van der Waals surface area contributed by atoms with Crippen LogP contribution in [0.3, 0.4) is 0 Å². The number of aromatic amines is 1. The summed E-state index contributed by atoms with van der Waals surface area (Å²) in [7, 11) is -3.56. The number of H-pyrrole nitrogens is 1. The summed E-state index contributed by atoms with van der Waals surface area (Å²) < 4.78 is 32.0. The molecule has 0 atom stereocenters. The molecule has 114 valence electrons. The van der Waals surface area contributed by atoms with Gasteiger partial charge in [-0.3, -0.25) is 0 Å². The zero-order valence-electron chi connectivity index (χ0n) is 11.7. The number of aromatic nitrogens is 2. The second kappa shape index (κ2) is 5.63. The maximum Gasteiger partial charge on any atom is 0.242 e. The number of hydrogen-bond donors (Lipinski definition) is 3. The molecular formula is C13H18N4O3S. The Hall–Kier alpha value is -1.64. The summed E-state index contributed by atoms with van der Waals surface area (Å²) in [5, 5.41) is 3.33. The van der Waals surface area contributed by atoms with Crippen molar-refractivity contribution in [3.8, 4) is 0 Å². The van der Waals surface area contributed by atoms with Gasteiger partial charge in [0.15, 0.2) is 0 Å². The molecule has 3 N–H and O–H groups in total. The first-order valence-electron chi connectivity index (χ1n) is 6.84. The number of nitrogens with zero attached hydrogens (tertiary/aromatic N) is 1. The van der Waals surface area contributed by atoms with Crippen LogP contribution in [0.1, 0.15) is 30.2 Å². The Kier molecular flexibility index (Phi) is 3.83. The fraction of sp³-hybridized carbons (Fsp3) is 0.462. The van der Waals surface area contributed by atoms with Gasteiger partial charge in [0, 0.05) is 24.5 Å². The minimum atomic E-state index is -3.56. The largest absolute Gasteiger partial charge is 0.445 e. The molecule has 2 aromatic heterocycles. The van der Waals surface area contributed by atoms with Crippen LogP contribution in [0.4, 0.5) is 0 Å². The van der Waals surface area contributed by atoms with E-state index < -0.39 is 10.0 Å². The summed E-state index contributed by atoms with van der Waals surface area (Å²) in [6, 6.07) is 2.22. The van der Waals surface area contributed by atoms with Crippen molar-refractivity contribution >= 4 is 10.0 Å². The highest BCUT2D eigenvalue weighted by Crippen LogP contribution is 2.19. The van der Waals surface area contributed by atoms with E-state index in [0.717, 1.165) is 5.69 Å². The topological polar surface area (TPSA) is 100 Å². The van der Waals surface area contributed by atoms with Crippen LogP contribution in [0, 0.1) is 6.92 Å². The maximum absolute atomic E-state index is 12.2. The molecule has 8 heteroatoms. The molecule has 3 rings (SSSR count). The van der Waals surface area contributed by atoms with Gasteiger partial charge in [-0.1, -0.05) is 0 Å². The highest BCUT2D eigenvalue weighted by molar-refractivity contribution is 7.89. The van der Waals surface area contributed by atoms with E-state index in [-0.39, 0.29) is 11.4 Å². The Bertz CT molecular complexity index is 715. The van der Waals surface area contributed by atoms with Crippen LogP contribution >= 0.6 is 0 Å². The second-order valence-electron chi connectivity index (χ2n) is 5.20. The SMILES string of the molecule is Cc1cnc(CNS(=O)(=O)c2c[nH]c(CNC3CC3)c2)o1. The van der Waals surface area contributed by atoms with Gasteiger partial charge in [0.25, 0.3) is 0 Å². The molecule has 0 saturated heterocycles. The van der Waals surface area contributed by atoms with E-state index in [1.165, 1.54) is 19.0 Å². The Morgan fingerprint density at radius 1 is 1.43 bits per heavy atom. The smallest absolute Gasteiger partial charge is 0.242 e. The van der Waals surface area contributed by atoms with E-state index in [9.17, 15) is 8.42 Å². The minimum Gasteiger partial charge on any atom is -0.445 e. The third-order valence-corrected chi connectivity index (χ3v) is 4.65. The number of nitrogens with one attached hydrogen (secondary N) is 3. The first-order valence-corrected chi connectivity index (χ1v) is 8.33. The van der Waals surface area contributed by atoms with Crippen molar-refractivity contribution in [1.82, 2.24) is 20.0 Å². The van der Waals surface area contributed by atoms with Gasteiger partial charge in [0.1, 0.15) is 5.76 Å². The Balaban J connectivity index is 1.60. The number of rotatable bonds is 7. The second-order valence-corrected chi connectivity index (χ2v) is 6.97. The molecule has 1 saturated carbocycles. The first-order chi connectivity index (χ1) is 10.0. The van der Waals surface area contributed by atoms with Gasteiger partial charge in [-0.05, 0) is 25.8 Å². The monoisotopic (exact) mass is 310 g/mol. The van der Waals surface area contributed by atoms with E-state index in [1.54, 1.807) is 19.2 Å². The highest BCUT2D eigenvalue weighted by atomic mass is 32.2. The molecule has 2 aromatic rings. The summed E-state index contributed by atoms with van der Waals surface area (Å²) in [5.41, 5.74) is 0.856. The number of aryl methyl sites for hydroxylation is 1. The van der Waals surface area contributed by atoms with Gasteiger partial charge in [-0.25, -0.2) is 18.1 Å². The van der Waals surface area contributed by atoms with E-state index in [2.05, 4.69) is 20.0 Å². The van der Waals surface area contributed by atoms with E-state index >= 15 is 0 Å². The van der Waals surface area contributed by atoms with Crippen molar-refractivity contribution in [3.05, 3.63) is 35.8 Å². The molecule has 0 bridgehead atoms. The Morgan fingerprint density at radius 2 is 2.24 bits per heavy atom. The zero-order chi connectivity index (χ0) is 14.9. The van der Waals surface area contributed by atoms with E-state index in [1.807, 2.05) is 0 Å². The molecule has 0 unspecified atom stereocenters. The highest BCUT2D eigenvalue weighted by Gasteiger charge is 2.21. The van der Waals surface area contributed by atoms with Crippen LogP contribution in [0.15, 0.2) is 27.8 Å². The normalized spacial score (nSPS) is 15.5. The minimum absolute atomic E-state index is 0.0387. The van der Waals surface area contributed by atoms with Gasteiger partial charge < -0.3 is 14.7 Å². The lowest BCUT2D eigenvalue weighted by Gasteiger charge is -2.02. The van der Waals surface area contributed by atoms with Crippen molar-refractivity contribution in [1.29, 1.82) is 0 Å². The molecule has 0 aromatic carbocycles. The van der Waals surface area contributed by atoms with Crippen molar-refractivity contribution in [3.63, 3.8) is 0 Å². The molecule has 1 aliphatic carbocycles. The van der Waals surface area contributed by atoms with E-state index in [0.29, 0.717) is 24.2 Å². The predicted molar refractivity (Wildman–Crippen MR) is 75.9 cm³/mol. The summed E-state index contributed by atoms with van der Waals surface area (Å²) in [6.45, 7) is 2.45. The quantitative estimate of drug-likeness (QED) is 0.709. The molecule has 21 heavy (non-hydrogen) atoms. The van der Waals surface area contributed by atoms with Gasteiger partial charge >= 0.3 is 0 Å². The summed E-state index contributed by atoms with van der Waals surface area (Å²) in [4.78, 5) is 7.16. The summed E-state index contributed by atoms with van der Waals surface area (Å²) >= 11 is 0. The van der Waals surface area contributed by atoms with Gasteiger partial charge in [0.05, 0.1) is 17.6 Å². The fourth-order valence-electron chi connectivity index (χ4n) is 1.94. The number of hydrogen-bond acceptors (Lipinski definition) is 5. The lowest BCUT2D eigenvalue weighted by molar-refractivity contribution is 0.463. The van der Waals surface area contributed by atoms with E-state index in [4.69, 9.17) is 4.42 Å². The standard InChI is InChI=1S/C13H18N4O3S/c1-9-5-16-13(20-9)8-17-21(18,19)12-4-11(15-7-12)6-14-10-2-3-10/h4-5,7,10,14-15,17H,2-3,6,8H2,1H3. The lowest BCUT2D eigenvalue weighted by Crippen LogP contribution is -2.23. The third-order valence-electron chi connectivity index (χ3n) is 3.27. The zero-order valence-corrected chi connectivity index (χ0v) is 12.5. The fourth-order valence-corrected chi connectivity index (χ4v) is 2.93. The summed E-state index contributed by atoms with van der Waals surface area (Å²) in [5.74, 6) is 1.00. The molecule has 1 aliphatic rings. The van der Waals surface area contributed by atoms with Crippen molar-refractivity contribution in [2.75, 3.05) is 0 Å². The van der Waals surface area contributed by atoms with Gasteiger partial charge in [0.2, 0.25) is 15.9 Å². The average Bonchev–Trinajstić information content (AvgIpc) is 2.97. The molecule has 7 nitrogen and oxygen atoms in total. The van der Waals surface area contributed by atoms with Crippen LogP contribution in [-0.2, 0) is 23.1 Å². The van der Waals surface area contributed by atoms with Crippen molar-refractivity contribution in [2.24, 2.45) is 0 Å². The summed E-state index contributed by atoms with van der Waals surface area (Å²) in [6.07, 6.45) is 5.45. The molecule has 2 heterocycles. The van der Waals surface area contributed by atoms with Crippen molar-refractivity contribution in [2.45, 2.75) is 43.8 Å². The molecule has 1 fully saturated rings. The first kappa shape index (κ1) is 14.3. The van der Waals surface area contributed by atoms with Gasteiger partial charge in [-0.15, -0.1) is 0 Å². The molecular weight excluding hydrogens is 292 g/mol. The molecule has 0 aliphatic heterocycles. The Labute approximate surface area is 123 Å². The molecule has 0 spiro atoms. The maximum atomic E-state index is 12.2. The predicted octanol–water partition coefficient (Wildman–Crippen LogP) is 1.04. The number of oxazole rings is 1.